The zero-order chi connectivity index (χ0) is 24.1. The standard InChI is InChI=1S/C26H27ClFN5O2/c1-3-23-26(35-23)32-21-10-17-20(11-24(21)34-12-14-8-16-5-7-22(14)33(16)2)29-13-30-25(17)31-15-4-6-19(28)18(27)9-15/h3-4,6,9-11,13-14,16,22-23,26,32H,1,5,7-8,12H2,2H3,(H,29,30,31). The van der Waals surface area contributed by atoms with E-state index in [9.17, 15) is 4.39 Å². The van der Waals surface area contributed by atoms with Gasteiger partial charge in [-0.3, -0.25) is 0 Å². The van der Waals surface area contributed by atoms with Gasteiger partial charge in [-0.25, -0.2) is 14.4 Å². The molecule has 5 atom stereocenters. The molecule has 9 heteroatoms. The van der Waals surface area contributed by atoms with Crippen LogP contribution in [0.5, 0.6) is 5.75 Å². The van der Waals surface area contributed by atoms with Crippen molar-refractivity contribution in [2.24, 2.45) is 5.92 Å². The Morgan fingerprint density at radius 2 is 2.17 bits per heavy atom. The van der Waals surface area contributed by atoms with Crippen LogP contribution in [0.1, 0.15) is 19.3 Å². The van der Waals surface area contributed by atoms with Gasteiger partial charge < -0.3 is 25.0 Å². The van der Waals surface area contributed by atoms with Gasteiger partial charge >= 0.3 is 0 Å². The first-order chi connectivity index (χ1) is 17.0. The second-order valence-electron chi connectivity index (χ2n) is 9.51. The third-order valence-corrected chi connectivity index (χ3v) is 7.73. The predicted molar refractivity (Wildman–Crippen MR) is 135 cm³/mol. The lowest BCUT2D eigenvalue weighted by atomic mass is 9.90. The molecule has 0 spiro atoms. The summed E-state index contributed by atoms with van der Waals surface area (Å²) in [6.45, 7) is 4.47. The molecule has 182 valence electrons. The lowest BCUT2D eigenvalue weighted by Gasteiger charge is -2.23. The van der Waals surface area contributed by atoms with E-state index in [-0.39, 0.29) is 17.4 Å². The van der Waals surface area contributed by atoms with Crippen molar-refractivity contribution >= 4 is 39.7 Å². The van der Waals surface area contributed by atoms with Crippen molar-refractivity contribution < 1.29 is 13.9 Å². The fourth-order valence-electron chi connectivity index (χ4n) is 5.47. The molecule has 5 unspecified atom stereocenters. The van der Waals surface area contributed by atoms with E-state index >= 15 is 0 Å². The molecule has 3 aliphatic heterocycles. The number of ether oxygens (including phenoxy) is 2. The van der Waals surface area contributed by atoms with Gasteiger partial charge in [-0.05, 0) is 50.6 Å². The van der Waals surface area contributed by atoms with Crippen molar-refractivity contribution in [1.82, 2.24) is 14.9 Å². The molecule has 3 aliphatic rings. The molecule has 4 heterocycles. The number of hydrogen-bond donors (Lipinski definition) is 2. The number of halogens is 2. The van der Waals surface area contributed by atoms with E-state index in [1.807, 2.05) is 12.1 Å². The van der Waals surface area contributed by atoms with E-state index < -0.39 is 5.82 Å². The normalized spacial score (nSPS) is 27.2. The molecule has 2 bridgehead atoms. The summed E-state index contributed by atoms with van der Waals surface area (Å²) in [5, 5.41) is 7.48. The second-order valence-corrected chi connectivity index (χ2v) is 9.92. The van der Waals surface area contributed by atoms with Gasteiger partial charge in [0.1, 0.15) is 29.8 Å². The van der Waals surface area contributed by atoms with E-state index in [1.165, 1.54) is 37.7 Å². The van der Waals surface area contributed by atoms with E-state index in [4.69, 9.17) is 21.1 Å². The SMILES string of the molecule is C=CC1OC1Nc1cc2c(Nc3ccc(F)c(Cl)c3)ncnc2cc1OCC1CC2CCC1N2C. The Kier molecular flexibility index (Phi) is 5.75. The minimum atomic E-state index is -0.471. The Morgan fingerprint density at radius 1 is 1.29 bits per heavy atom. The van der Waals surface area contributed by atoms with Gasteiger partial charge in [-0.1, -0.05) is 17.7 Å². The van der Waals surface area contributed by atoms with Gasteiger partial charge in [-0.15, -0.1) is 6.58 Å². The van der Waals surface area contributed by atoms with Crippen molar-refractivity contribution in [1.29, 1.82) is 0 Å². The molecule has 2 N–H and O–H groups in total. The summed E-state index contributed by atoms with van der Waals surface area (Å²) < 4.78 is 25.6. The molecule has 0 amide bonds. The van der Waals surface area contributed by atoms with Crippen LogP contribution < -0.4 is 15.4 Å². The Labute approximate surface area is 208 Å². The molecule has 6 rings (SSSR count). The third kappa shape index (κ3) is 4.30. The molecule has 2 aromatic carbocycles. The maximum atomic E-state index is 13.6. The summed E-state index contributed by atoms with van der Waals surface area (Å²) in [7, 11) is 2.23. The lowest BCUT2D eigenvalue weighted by Crippen LogP contribution is -2.28. The van der Waals surface area contributed by atoms with Crippen LogP contribution in [0.4, 0.5) is 21.6 Å². The van der Waals surface area contributed by atoms with Gasteiger partial charge in [0, 0.05) is 35.1 Å². The molecule has 3 aromatic rings. The van der Waals surface area contributed by atoms with Gasteiger partial charge in [0.05, 0.1) is 22.8 Å². The van der Waals surface area contributed by atoms with E-state index in [1.54, 1.807) is 12.1 Å². The highest BCUT2D eigenvalue weighted by Crippen LogP contribution is 2.42. The highest BCUT2D eigenvalue weighted by atomic mass is 35.5. The maximum absolute atomic E-state index is 13.6. The van der Waals surface area contributed by atoms with Crippen molar-refractivity contribution in [3.05, 3.63) is 60.2 Å². The van der Waals surface area contributed by atoms with E-state index in [0.717, 1.165) is 22.3 Å². The molecular formula is C26H27ClFN5O2. The highest BCUT2D eigenvalue weighted by Gasteiger charge is 2.44. The Hall–Kier alpha value is -2.94. The van der Waals surface area contributed by atoms with E-state index in [2.05, 4.69) is 39.1 Å². The number of benzene rings is 2. The fourth-order valence-corrected chi connectivity index (χ4v) is 5.66. The molecule has 3 saturated heterocycles. The van der Waals surface area contributed by atoms with Crippen molar-refractivity contribution in [2.45, 2.75) is 43.7 Å². The maximum Gasteiger partial charge on any atom is 0.159 e. The van der Waals surface area contributed by atoms with Crippen molar-refractivity contribution in [3.8, 4) is 5.75 Å². The molecule has 0 saturated carbocycles. The zero-order valence-electron chi connectivity index (χ0n) is 19.4. The van der Waals surface area contributed by atoms with Gasteiger partial charge in [0.15, 0.2) is 6.23 Å². The summed E-state index contributed by atoms with van der Waals surface area (Å²) >= 11 is 5.96. The number of rotatable bonds is 8. The number of aromatic nitrogens is 2. The van der Waals surface area contributed by atoms with Gasteiger partial charge in [-0.2, -0.15) is 0 Å². The summed E-state index contributed by atoms with van der Waals surface area (Å²) in [4.78, 5) is 11.4. The fraction of sp³-hybridized carbons (Fsp3) is 0.385. The first-order valence-electron chi connectivity index (χ1n) is 11.9. The number of hydrogen-bond acceptors (Lipinski definition) is 7. The molecule has 3 fully saturated rings. The smallest absolute Gasteiger partial charge is 0.159 e. The summed E-state index contributed by atoms with van der Waals surface area (Å²) in [6.07, 6.45) is 6.78. The number of epoxide rings is 1. The summed E-state index contributed by atoms with van der Waals surface area (Å²) in [5.74, 6) is 1.36. The van der Waals surface area contributed by atoms with Crippen molar-refractivity contribution in [3.63, 3.8) is 0 Å². The Bertz CT molecular complexity index is 1290. The number of nitrogens with zero attached hydrogens (tertiary/aromatic N) is 3. The molecular weight excluding hydrogens is 469 g/mol. The van der Waals surface area contributed by atoms with E-state index in [0.29, 0.717) is 36.1 Å². The monoisotopic (exact) mass is 495 g/mol. The topological polar surface area (TPSA) is 74.8 Å². The molecule has 35 heavy (non-hydrogen) atoms. The Balaban J connectivity index is 1.30. The largest absolute Gasteiger partial charge is 0.491 e. The third-order valence-electron chi connectivity index (χ3n) is 7.44. The summed E-state index contributed by atoms with van der Waals surface area (Å²) in [5.41, 5.74) is 2.17. The van der Waals surface area contributed by atoms with Crippen LogP contribution in [-0.4, -0.2) is 52.9 Å². The Morgan fingerprint density at radius 3 is 2.89 bits per heavy atom. The minimum absolute atomic E-state index is 0.0382. The number of anilines is 3. The van der Waals surface area contributed by atoms with Crippen LogP contribution in [0.3, 0.4) is 0 Å². The lowest BCUT2D eigenvalue weighted by molar-refractivity contribution is 0.204. The highest BCUT2D eigenvalue weighted by molar-refractivity contribution is 6.31. The van der Waals surface area contributed by atoms with Crippen LogP contribution in [0, 0.1) is 11.7 Å². The molecule has 0 aliphatic carbocycles. The number of fused-ring (bicyclic) bond motifs is 3. The zero-order valence-corrected chi connectivity index (χ0v) is 20.1. The average Bonchev–Trinajstić information content (AvgIpc) is 3.44. The predicted octanol–water partition coefficient (Wildman–Crippen LogP) is 5.35. The van der Waals surface area contributed by atoms with Crippen LogP contribution in [0.2, 0.25) is 5.02 Å². The van der Waals surface area contributed by atoms with Crippen LogP contribution in [0.25, 0.3) is 10.9 Å². The minimum Gasteiger partial charge on any atom is -0.491 e. The second kappa shape index (κ2) is 8.93. The molecule has 0 radical (unpaired) electrons. The number of nitrogens with one attached hydrogen (secondary N) is 2. The first kappa shape index (κ1) is 22.5. The summed E-state index contributed by atoms with van der Waals surface area (Å²) in [6, 6.07) is 9.63. The van der Waals surface area contributed by atoms with Crippen LogP contribution in [-0.2, 0) is 4.74 Å². The average molecular weight is 496 g/mol. The van der Waals surface area contributed by atoms with Crippen LogP contribution in [0.15, 0.2) is 49.3 Å². The quantitative estimate of drug-likeness (QED) is 0.322. The van der Waals surface area contributed by atoms with Gasteiger partial charge in [0.2, 0.25) is 0 Å². The van der Waals surface area contributed by atoms with Crippen LogP contribution >= 0.6 is 11.6 Å². The van der Waals surface area contributed by atoms with Crippen molar-refractivity contribution in [2.75, 3.05) is 24.3 Å². The molecule has 1 aromatic heterocycles. The molecule has 7 nitrogen and oxygen atoms in total. The first-order valence-corrected chi connectivity index (χ1v) is 12.3. The van der Waals surface area contributed by atoms with Gasteiger partial charge in [0.25, 0.3) is 0 Å².